The van der Waals surface area contributed by atoms with Crippen molar-refractivity contribution in [3.05, 3.63) is 54.0 Å². The van der Waals surface area contributed by atoms with E-state index < -0.39 is 0 Å². The maximum atomic E-state index is 13.1. The molecule has 30 heavy (non-hydrogen) atoms. The Morgan fingerprint density at radius 1 is 0.967 bits per heavy atom. The molecule has 1 amide bonds. The molecule has 4 rings (SSSR count). The predicted molar refractivity (Wildman–Crippen MR) is 116 cm³/mol. The van der Waals surface area contributed by atoms with Crippen molar-refractivity contribution in [1.82, 2.24) is 14.9 Å². The van der Waals surface area contributed by atoms with E-state index in [1.54, 1.807) is 30.6 Å². The number of pyridine rings is 2. The maximum absolute atomic E-state index is 13.1. The molecule has 3 heterocycles. The number of ketones is 1. The molecule has 6 heteroatoms. The SMILES string of the molecule is CC1CCCCC1C(=O)N1CCCN(c2cccc(C(=O)c3cccnc3)n2)CC1. The molecule has 2 unspecified atom stereocenters. The third-order valence-corrected chi connectivity index (χ3v) is 6.45. The van der Waals surface area contributed by atoms with E-state index in [9.17, 15) is 9.59 Å². The fourth-order valence-corrected chi connectivity index (χ4v) is 4.66. The van der Waals surface area contributed by atoms with E-state index in [0.29, 0.717) is 29.6 Å². The summed E-state index contributed by atoms with van der Waals surface area (Å²) in [5, 5.41) is 0. The van der Waals surface area contributed by atoms with Gasteiger partial charge in [0.2, 0.25) is 11.7 Å². The van der Waals surface area contributed by atoms with Gasteiger partial charge in [0, 0.05) is 50.1 Å². The normalized spacial score (nSPS) is 22.4. The average Bonchev–Trinajstić information content (AvgIpc) is 3.05. The first-order chi connectivity index (χ1) is 14.6. The second-order valence-corrected chi connectivity index (χ2v) is 8.49. The van der Waals surface area contributed by atoms with Crippen molar-refractivity contribution in [2.24, 2.45) is 11.8 Å². The lowest BCUT2D eigenvalue weighted by Gasteiger charge is -2.32. The fraction of sp³-hybridized carbons (Fsp3) is 0.500. The third kappa shape index (κ3) is 4.53. The van der Waals surface area contributed by atoms with Gasteiger partial charge >= 0.3 is 0 Å². The summed E-state index contributed by atoms with van der Waals surface area (Å²) in [7, 11) is 0. The number of carbonyl (C=O) groups is 2. The Balaban J connectivity index is 1.43. The third-order valence-electron chi connectivity index (χ3n) is 6.45. The molecule has 1 aliphatic heterocycles. The fourth-order valence-electron chi connectivity index (χ4n) is 4.66. The van der Waals surface area contributed by atoms with Crippen LogP contribution in [0.3, 0.4) is 0 Å². The Labute approximate surface area is 178 Å². The monoisotopic (exact) mass is 406 g/mol. The van der Waals surface area contributed by atoms with Crippen LogP contribution in [0.15, 0.2) is 42.7 Å². The Morgan fingerprint density at radius 2 is 1.83 bits per heavy atom. The summed E-state index contributed by atoms with van der Waals surface area (Å²) in [6.07, 6.45) is 8.74. The minimum Gasteiger partial charge on any atom is -0.355 e. The second kappa shape index (κ2) is 9.37. The number of amides is 1. The molecule has 2 atom stereocenters. The number of nitrogens with zero attached hydrogens (tertiary/aromatic N) is 4. The molecule has 0 aromatic carbocycles. The van der Waals surface area contributed by atoms with E-state index in [0.717, 1.165) is 44.7 Å². The second-order valence-electron chi connectivity index (χ2n) is 8.49. The molecule has 0 N–H and O–H groups in total. The number of aromatic nitrogens is 2. The Morgan fingerprint density at radius 3 is 2.63 bits per heavy atom. The molecule has 2 aromatic rings. The van der Waals surface area contributed by atoms with Crippen LogP contribution in [-0.4, -0.2) is 52.7 Å². The number of hydrogen-bond acceptors (Lipinski definition) is 5. The van der Waals surface area contributed by atoms with Gasteiger partial charge in [0.15, 0.2) is 0 Å². The zero-order valence-corrected chi connectivity index (χ0v) is 17.7. The Hall–Kier alpha value is -2.76. The van der Waals surface area contributed by atoms with Gasteiger partial charge in [-0.15, -0.1) is 0 Å². The lowest BCUT2D eigenvalue weighted by atomic mass is 9.79. The highest BCUT2D eigenvalue weighted by Crippen LogP contribution is 2.31. The van der Waals surface area contributed by atoms with Gasteiger partial charge in [0.1, 0.15) is 11.5 Å². The van der Waals surface area contributed by atoms with Crippen LogP contribution in [0.2, 0.25) is 0 Å². The minimum absolute atomic E-state index is 0.122. The van der Waals surface area contributed by atoms with Crippen molar-refractivity contribution in [1.29, 1.82) is 0 Å². The molecule has 1 saturated carbocycles. The van der Waals surface area contributed by atoms with Crippen molar-refractivity contribution in [2.45, 2.75) is 39.0 Å². The molecular weight excluding hydrogens is 376 g/mol. The predicted octanol–water partition coefficient (Wildman–Crippen LogP) is 3.57. The first-order valence-electron chi connectivity index (χ1n) is 11.1. The van der Waals surface area contributed by atoms with Crippen molar-refractivity contribution in [2.75, 3.05) is 31.1 Å². The highest BCUT2D eigenvalue weighted by atomic mass is 16.2. The topological polar surface area (TPSA) is 66.4 Å². The highest BCUT2D eigenvalue weighted by molar-refractivity contribution is 6.07. The summed E-state index contributed by atoms with van der Waals surface area (Å²) in [5.41, 5.74) is 0.963. The zero-order valence-electron chi connectivity index (χ0n) is 17.7. The van der Waals surface area contributed by atoms with E-state index in [1.807, 2.05) is 12.1 Å². The van der Waals surface area contributed by atoms with Gasteiger partial charge in [-0.25, -0.2) is 4.98 Å². The van der Waals surface area contributed by atoms with Gasteiger partial charge in [-0.3, -0.25) is 14.6 Å². The van der Waals surface area contributed by atoms with Crippen molar-refractivity contribution >= 4 is 17.5 Å². The molecular formula is C24H30N4O2. The zero-order chi connectivity index (χ0) is 20.9. The number of carbonyl (C=O) groups excluding carboxylic acids is 2. The van der Waals surface area contributed by atoms with E-state index >= 15 is 0 Å². The van der Waals surface area contributed by atoms with Crippen LogP contribution in [0.4, 0.5) is 5.82 Å². The van der Waals surface area contributed by atoms with Gasteiger partial charge in [-0.1, -0.05) is 25.8 Å². The summed E-state index contributed by atoms with van der Waals surface area (Å²) in [6.45, 7) is 5.31. The van der Waals surface area contributed by atoms with Crippen LogP contribution in [0.25, 0.3) is 0 Å². The molecule has 1 saturated heterocycles. The molecule has 0 spiro atoms. The van der Waals surface area contributed by atoms with E-state index in [-0.39, 0.29) is 11.7 Å². The lowest BCUT2D eigenvalue weighted by molar-refractivity contribution is -0.138. The number of rotatable bonds is 4. The average molecular weight is 407 g/mol. The van der Waals surface area contributed by atoms with Gasteiger partial charge in [-0.2, -0.15) is 0 Å². The van der Waals surface area contributed by atoms with Gasteiger partial charge in [0.25, 0.3) is 0 Å². The van der Waals surface area contributed by atoms with Crippen LogP contribution >= 0.6 is 0 Å². The molecule has 2 aliphatic rings. The Bertz CT molecular complexity index is 886. The van der Waals surface area contributed by atoms with Crippen LogP contribution in [0, 0.1) is 11.8 Å². The minimum atomic E-state index is -0.122. The highest BCUT2D eigenvalue weighted by Gasteiger charge is 2.32. The van der Waals surface area contributed by atoms with Crippen LogP contribution in [0.5, 0.6) is 0 Å². The number of anilines is 1. The summed E-state index contributed by atoms with van der Waals surface area (Å²) >= 11 is 0. The van der Waals surface area contributed by atoms with Crippen molar-refractivity contribution in [3.8, 4) is 0 Å². The van der Waals surface area contributed by atoms with Gasteiger partial charge < -0.3 is 9.80 Å². The molecule has 6 nitrogen and oxygen atoms in total. The van der Waals surface area contributed by atoms with Crippen molar-refractivity contribution in [3.63, 3.8) is 0 Å². The molecule has 158 valence electrons. The van der Waals surface area contributed by atoms with E-state index in [2.05, 4.69) is 26.7 Å². The number of hydrogen-bond donors (Lipinski definition) is 0. The molecule has 2 aromatic heterocycles. The van der Waals surface area contributed by atoms with Gasteiger partial charge in [0.05, 0.1) is 0 Å². The first kappa shape index (κ1) is 20.5. The van der Waals surface area contributed by atoms with Crippen LogP contribution in [0.1, 0.15) is 55.1 Å². The quantitative estimate of drug-likeness (QED) is 0.726. The molecule has 2 fully saturated rings. The summed E-state index contributed by atoms with van der Waals surface area (Å²) in [5.74, 6) is 1.68. The molecule has 0 radical (unpaired) electrons. The lowest BCUT2D eigenvalue weighted by Crippen LogP contribution is -2.41. The standard InChI is InChI=1S/C24H30N4O2/c1-18-7-2-3-9-20(18)24(30)28-14-6-13-27(15-16-28)22-11-4-10-21(26-22)23(29)19-8-5-12-25-17-19/h4-5,8,10-12,17-18,20H,2-3,6-7,9,13-16H2,1H3. The summed E-state index contributed by atoms with van der Waals surface area (Å²) in [4.78, 5) is 38.7. The molecule has 0 bridgehead atoms. The van der Waals surface area contributed by atoms with Gasteiger partial charge in [-0.05, 0) is 49.4 Å². The Kier molecular flexibility index (Phi) is 6.41. The van der Waals surface area contributed by atoms with E-state index in [1.165, 1.54) is 12.8 Å². The van der Waals surface area contributed by atoms with Crippen LogP contribution < -0.4 is 4.90 Å². The van der Waals surface area contributed by atoms with Crippen LogP contribution in [-0.2, 0) is 4.79 Å². The summed E-state index contributed by atoms with van der Waals surface area (Å²) < 4.78 is 0. The van der Waals surface area contributed by atoms with E-state index in [4.69, 9.17) is 0 Å². The smallest absolute Gasteiger partial charge is 0.226 e. The summed E-state index contributed by atoms with van der Waals surface area (Å²) in [6, 6.07) is 9.08. The first-order valence-corrected chi connectivity index (χ1v) is 11.1. The van der Waals surface area contributed by atoms with Crippen molar-refractivity contribution < 1.29 is 9.59 Å². The molecule has 1 aliphatic carbocycles. The largest absolute Gasteiger partial charge is 0.355 e. The maximum Gasteiger partial charge on any atom is 0.226 e.